The Hall–Kier alpha value is -3.21. The fraction of sp³-hybridized carbons (Fsp3) is 0.429. The van der Waals surface area contributed by atoms with Gasteiger partial charge in [0.05, 0.1) is 17.1 Å². The summed E-state index contributed by atoms with van der Waals surface area (Å²) in [6.07, 6.45) is -0.394. The number of ether oxygens (including phenoxy) is 2. The summed E-state index contributed by atoms with van der Waals surface area (Å²) >= 11 is 5.87. The van der Waals surface area contributed by atoms with Crippen LogP contribution in [0.4, 0.5) is 4.39 Å². The smallest absolute Gasteiger partial charge is 0.325 e. The van der Waals surface area contributed by atoms with Crippen molar-refractivity contribution in [1.82, 2.24) is 10.6 Å². The normalized spacial score (nSPS) is 18.6. The van der Waals surface area contributed by atoms with Gasteiger partial charge < -0.3 is 25.8 Å². The third-order valence-electron chi connectivity index (χ3n) is 6.81. The van der Waals surface area contributed by atoms with Gasteiger partial charge in [0.15, 0.2) is 11.9 Å². The topological polar surface area (TPSA) is 137 Å². The second kappa shape index (κ2) is 13.4. The molecular formula is C28H34Cl2FN3O6. The highest BCUT2D eigenvalue weighted by molar-refractivity contribution is 6.31. The van der Waals surface area contributed by atoms with E-state index in [4.69, 9.17) is 26.8 Å². The van der Waals surface area contributed by atoms with Crippen molar-refractivity contribution in [3.05, 3.63) is 63.9 Å². The lowest BCUT2D eigenvalue weighted by molar-refractivity contribution is -0.164. The molecule has 0 aromatic heterocycles. The Kier molecular flexibility index (Phi) is 11.1. The molecule has 0 bridgehead atoms. The number of carbonyl (C=O) groups excluding carboxylic acids is 4. The number of nitrogens with two attached hydrogens (primary N) is 1. The summed E-state index contributed by atoms with van der Waals surface area (Å²) in [4.78, 5) is 50.5. The van der Waals surface area contributed by atoms with Gasteiger partial charge in [0.25, 0.3) is 5.91 Å². The van der Waals surface area contributed by atoms with Crippen LogP contribution in [0.25, 0.3) is 0 Å². The average Bonchev–Trinajstić information content (AvgIpc) is 2.89. The van der Waals surface area contributed by atoms with Crippen LogP contribution in [0, 0.1) is 11.7 Å². The molecule has 0 aliphatic carbocycles. The van der Waals surface area contributed by atoms with E-state index in [0.717, 1.165) is 6.07 Å². The third-order valence-corrected chi connectivity index (χ3v) is 7.10. The van der Waals surface area contributed by atoms with Gasteiger partial charge in [-0.25, -0.2) is 4.39 Å². The van der Waals surface area contributed by atoms with Crippen molar-refractivity contribution < 1.29 is 33.0 Å². The molecule has 1 aliphatic rings. The number of rotatable bonds is 9. The fourth-order valence-corrected chi connectivity index (χ4v) is 4.39. The van der Waals surface area contributed by atoms with Crippen molar-refractivity contribution in [2.24, 2.45) is 11.7 Å². The molecule has 218 valence electrons. The lowest BCUT2D eigenvalue weighted by Crippen LogP contribution is -2.56. The molecule has 0 radical (unpaired) electrons. The highest BCUT2D eigenvalue weighted by atomic mass is 35.5. The van der Waals surface area contributed by atoms with Crippen molar-refractivity contribution in [3.8, 4) is 5.75 Å². The number of benzene rings is 2. The summed E-state index contributed by atoms with van der Waals surface area (Å²) in [6.45, 7) is 8.04. The zero-order valence-corrected chi connectivity index (χ0v) is 24.5. The van der Waals surface area contributed by atoms with Gasteiger partial charge in [-0.05, 0) is 63.1 Å². The summed E-state index contributed by atoms with van der Waals surface area (Å²) in [7, 11) is 0. The first kappa shape index (κ1) is 33.0. The monoisotopic (exact) mass is 597 g/mol. The molecule has 1 heterocycles. The van der Waals surface area contributed by atoms with E-state index in [0.29, 0.717) is 23.3 Å². The highest BCUT2D eigenvalue weighted by Gasteiger charge is 2.47. The molecule has 1 aliphatic heterocycles. The van der Waals surface area contributed by atoms with E-state index >= 15 is 0 Å². The van der Waals surface area contributed by atoms with Gasteiger partial charge in [0.2, 0.25) is 5.91 Å². The standard InChI is InChI=1S/C28H33ClFN3O6.ClH/c1-6-14(2)23(31)27(37)32-13-22(35)38-25-24(33-26(36)17-7-9-20(30)19(29)12-17)18-11-16(15(3)34)8-10-21(18)39-28(25,4)5;/h7-12,14,23-25H,6,13,31H2,1-5H3,(H,32,37)(H,33,36);1H/t14-,23-,24+,25-;/m0./s1. The first-order chi connectivity index (χ1) is 18.2. The lowest BCUT2D eigenvalue weighted by atomic mass is 9.85. The van der Waals surface area contributed by atoms with Gasteiger partial charge in [0, 0.05) is 16.7 Å². The van der Waals surface area contributed by atoms with Crippen molar-refractivity contribution in [1.29, 1.82) is 0 Å². The largest absolute Gasteiger partial charge is 0.484 e. The Bertz CT molecular complexity index is 1290. The highest BCUT2D eigenvalue weighted by Crippen LogP contribution is 2.42. The first-order valence-electron chi connectivity index (χ1n) is 12.6. The molecule has 0 spiro atoms. The SMILES string of the molecule is CC[C@H](C)[C@H](N)C(=O)NCC(=O)O[C@H]1[C@H](NC(=O)c2ccc(F)c(Cl)c2)c2cc(C(C)=O)ccc2OC1(C)C.Cl. The molecule has 4 atom stereocenters. The number of Topliss-reactive ketones (excluding diaryl/α,β-unsaturated/α-hetero) is 1. The van der Waals surface area contributed by atoms with E-state index < -0.39 is 53.9 Å². The maximum absolute atomic E-state index is 13.7. The van der Waals surface area contributed by atoms with Crippen LogP contribution in [0.1, 0.15) is 73.4 Å². The molecule has 0 unspecified atom stereocenters. The van der Waals surface area contributed by atoms with Gasteiger partial charge >= 0.3 is 5.97 Å². The van der Waals surface area contributed by atoms with E-state index in [2.05, 4.69) is 10.6 Å². The van der Waals surface area contributed by atoms with Crippen LogP contribution in [0.3, 0.4) is 0 Å². The molecule has 9 nitrogen and oxygen atoms in total. The molecule has 0 saturated carbocycles. The molecule has 40 heavy (non-hydrogen) atoms. The molecule has 0 fully saturated rings. The van der Waals surface area contributed by atoms with Crippen molar-refractivity contribution in [3.63, 3.8) is 0 Å². The summed E-state index contributed by atoms with van der Waals surface area (Å²) in [5.74, 6) is -2.49. The van der Waals surface area contributed by atoms with Crippen molar-refractivity contribution in [2.75, 3.05) is 6.54 Å². The summed E-state index contributed by atoms with van der Waals surface area (Å²) in [6, 6.07) is 6.52. The van der Waals surface area contributed by atoms with Crippen LogP contribution in [0.5, 0.6) is 5.75 Å². The number of hydrogen-bond acceptors (Lipinski definition) is 7. The number of carbonyl (C=O) groups is 4. The Morgan fingerprint density at radius 1 is 1.15 bits per heavy atom. The number of amides is 2. The molecule has 2 aromatic carbocycles. The molecule has 12 heteroatoms. The molecule has 0 saturated heterocycles. The van der Waals surface area contributed by atoms with Crippen LogP contribution in [-0.2, 0) is 14.3 Å². The fourth-order valence-electron chi connectivity index (χ4n) is 4.21. The van der Waals surface area contributed by atoms with Gasteiger partial charge in [-0.3, -0.25) is 19.2 Å². The van der Waals surface area contributed by atoms with Crippen LogP contribution >= 0.6 is 24.0 Å². The minimum atomic E-state index is -1.14. The van der Waals surface area contributed by atoms with E-state index in [1.54, 1.807) is 32.0 Å². The van der Waals surface area contributed by atoms with Gasteiger partial charge in [0.1, 0.15) is 23.7 Å². The Morgan fingerprint density at radius 3 is 2.40 bits per heavy atom. The van der Waals surface area contributed by atoms with E-state index in [9.17, 15) is 23.6 Å². The molecule has 2 aromatic rings. The zero-order valence-electron chi connectivity index (χ0n) is 22.9. The quantitative estimate of drug-likeness (QED) is 0.292. The summed E-state index contributed by atoms with van der Waals surface area (Å²) < 4.78 is 25.6. The Balaban J connectivity index is 0.00000560. The number of nitrogens with one attached hydrogen (secondary N) is 2. The summed E-state index contributed by atoms with van der Waals surface area (Å²) in [5.41, 5.74) is 5.63. The summed E-state index contributed by atoms with van der Waals surface area (Å²) in [5, 5.41) is 5.08. The van der Waals surface area contributed by atoms with Crippen LogP contribution in [-0.4, -0.2) is 47.9 Å². The number of ketones is 1. The average molecular weight is 598 g/mol. The molecule has 3 rings (SSSR count). The second-order valence-electron chi connectivity index (χ2n) is 10.1. The Labute approximate surface area is 243 Å². The van der Waals surface area contributed by atoms with Gasteiger partial charge in [-0.15, -0.1) is 12.4 Å². The van der Waals surface area contributed by atoms with Gasteiger partial charge in [-0.2, -0.15) is 0 Å². The maximum atomic E-state index is 13.7. The van der Waals surface area contributed by atoms with Crippen LogP contribution in [0.15, 0.2) is 36.4 Å². The lowest BCUT2D eigenvalue weighted by Gasteiger charge is -2.44. The maximum Gasteiger partial charge on any atom is 0.325 e. The number of fused-ring (bicyclic) bond motifs is 1. The number of hydrogen-bond donors (Lipinski definition) is 3. The first-order valence-corrected chi connectivity index (χ1v) is 13.0. The molecular weight excluding hydrogens is 564 g/mol. The third kappa shape index (κ3) is 7.50. The van der Waals surface area contributed by atoms with Crippen molar-refractivity contribution in [2.45, 2.75) is 64.8 Å². The number of halogens is 3. The minimum Gasteiger partial charge on any atom is -0.484 e. The van der Waals surface area contributed by atoms with Crippen LogP contribution in [0.2, 0.25) is 5.02 Å². The predicted molar refractivity (Wildman–Crippen MR) is 150 cm³/mol. The predicted octanol–water partition coefficient (Wildman–Crippen LogP) is 4.15. The van der Waals surface area contributed by atoms with E-state index in [1.807, 2.05) is 13.8 Å². The van der Waals surface area contributed by atoms with Gasteiger partial charge in [-0.1, -0.05) is 31.9 Å². The van der Waals surface area contributed by atoms with Crippen molar-refractivity contribution >= 4 is 47.6 Å². The van der Waals surface area contributed by atoms with Crippen LogP contribution < -0.4 is 21.1 Å². The molecule has 4 N–H and O–H groups in total. The number of esters is 1. The Morgan fingerprint density at radius 2 is 1.80 bits per heavy atom. The van der Waals surface area contributed by atoms with E-state index in [1.165, 1.54) is 19.1 Å². The molecule has 2 amide bonds. The van der Waals surface area contributed by atoms with E-state index in [-0.39, 0.29) is 34.7 Å². The minimum absolute atomic E-state index is 0. The zero-order chi connectivity index (χ0) is 29.1. The second-order valence-corrected chi connectivity index (χ2v) is 10.5.